The smallest absolute Gasteiger partial charge is 0.220 e. The van der Waals surface area contributed by atoms with Gasteiger partial charge in [-0.2, -0.15) is 0 Å². The Kier molecular flexibility index (Phi) is 7.92. The number of hydrogen-bond acceptors (Lipinski definition) is 4. The molecule has 2 heterocycles. The molecule has 0 spiro atoms. The molecular weight excluding hydrogens is 337 g/mol. The van der Waals surface area contributed by atoms with Crippen LogP contribution in [0.4, 0.5) is 0 Å². The largest absolute Gasteiger partial charge is 0.490 e. The highest BCUT2D eigenvalue weighted by Gasteiger charge is 2.17. The summed E-state index contributed by atoms with van der Waals surface area (Å²) >= 11 is 11.7. The van der Waals surface area contributed by atoms with Crippen LogP contribution in [0.5, 0.6) is 5.75 Å². The number of hydrogen-bond donors (Lipinski definition) is 2. The Morgan fingerprint density at radius 1 is 1.43 bits per heavy atom. The molecule has 2 N–H and O–H groups in total. The quantitative estimate of drug-likeness (QED) is 0.383. The van der Waals surface area contributed by atoms with Crippen molar-refractivity contribution in [2.45, 2.75) is 44.7 Å². The SMILES string of the molecule is O=C(CCCCCCl)NCc1cc(OCC2CCN2)cnc1Cl. The average Bonchev–Trinajstić information content (AvgIpc) is 2.50. The van der Waals surface area contributed by atoms with E-state index in [0.717, 1.165) is 37.8 Å². The molecule has 1 aliphatic heterocycles. The van der Waals surface area contributed by atoms with E-state index in [-0.39, 0.29) is 5.91 Å². The minimum atomic E-state index is 0.0145. The third-order valence-electron chi connectivity index (χ3n) is 3.78. The van der Waals surface area contributed by atoms with Gasteiger partial charge in [-0.1, -0.05) is 18.0 Å². The molecule has 0 saturated carbocycles. The molecule has 2 rings (SSSR count). The molecule has 7 heteroatoms. The van der Waals surface area contributed by atoms with Gasteiger partial charge >= 0.3 is 0 Å². The van der Waals surface area contributed by atoms with Gasteiger partial charge in [0, 0.05) is 30.5 Å². The number of carbonyl (C=O) groups excluding carboxylic acids is 1. The number of aromatic nitrogens is 1. The van der Waals surface area contributed by atoms with Crippen LogP contribution in [-0.2, 0) is 11.3 Å². The molecule has 1 aromatic rings. The number of amides is 1. The van der Waals surface area contributed by atoms with Crippen molar-refractivity contribution in [2.24, 2.45) is 0 Å². The summed E-state index contributed by atoms with van der Waals surface area (Å²) in [6.07, 6.45) is 6.01. The molecule has 0 aromatic carbocycles. The van der Waals surface area contributed by atoms with Gasteiger partial charge in [0.15, 0.2) is 0 Å². The van der Waals surface area contributed by atoms with Gasteiger partial charge in [0.25, 0.3) is 0 Å². The highest BCUT2D eigenvalue weighted by molar-refractivity contribution is 6.30. The Labute approximate surface area is 147 Å². The summed E-state index contributed by atoms with van der Waals surface area (Å²) in [5, 5.41) is 6.53. The van der Waals surface area contributed by atoms with Crippen molar-refractivity contribution in [3.63, 3.8) is 0 Å². The summed E-state index contributed by atoms with van der Waals surface area (Å²) in [5.41, 5.74) is 0.764. The molecule has 1 saturated heterocycles. The van der Waals surface area contributed by atoms with Gasteiger partial charge in [0.2, 0.25) is 5.91 Å². The van der Waals surface area contributed by atoms with E-state index in [1.54, 1.807) is 6.20 Å². The maximum absolute atomic E-state index is 11.8. The van der Waals surface area contributed by atoms with Gasteiger partial charge in [0.05, 0.1) is 6.20 Å². The molecule has 0 bridgehead atoms. The van der Waals surface area contributed by atoms with Crippen molar-refractivity contribution >= 4 is 29.1 Å². The van der Waals surface area contributed by atoms with E-state index in [1.165, 1.54) is 0 Å². The van der Waals surface area contributed by atoms with E-state index in [1.807, 2.05) is 6.07 Å². The van der Waals surface area contributed by atoms with Crippen LogP contribution in [0.1, 0.15) is 37.7 Å². The Balaban J connectivity index is 1.75. The maximum Gasteiger partial charge on any atom is 0.220 e. The normalized spacial score (nSPS) is 16.7. The highest BCUT2D eigenvalue weighted by atomic mass is 35.5. The number of unbranched alkanes of at least 4 members (excludes halogenated alkanes) is 2. The summed E-state index contributed by atoms with van der Waals surface area (Å²) in [5.74, 6) is 1.33. The second kappa shape index (κ2) is 9.96. The fourth-order valence-electron chi connectivity index (χ4n) is 2.20. The fraction of sp³-hybridized carbons (Fsp3) is 0.625. The Morgan fingerprint density at radius 3 is 2.96 bits per heavy atom. The molecule has 1 aromatic heterocycles. The minimum Gasteiger partial charge on any atom is -0.490 e. The first kappa shape index (κ1) is 18.3. The number of alkyl halides is 1. The number of nitrogens with zero attached hydrogens (tertiary/aromatic N) is 1. The molecule has 5 nitrogen and oxygen atoms in total. The summed E-state index contributed by atoms with van der Waals surface area (Å²) in [6.45, 7) is 2.03. The molecular formula is C16H23Cl2N3O2. The number of halogens is 2. The van der Waals surface area contributed by atoms with E-state index >= 15 is 0 Å². The van der Waals surface area contributed by atoms with Gasteiger partial charge in [-0.3, -0.25) is 4.79 Å². The first-order valence-corrected chi connectivity index (χ1v) is 8.93. The molecule has 23 heavy (non-hydrogen) atoms. The van der Waals surface area contributed by atoms with Crippen LogP contribution in [0, 0.1) is 0 Å². The molecule has 1 fully saturated rings. The first-order valence-electron chi connectivity index (χ1n) is 8.02. The number of pyridine rings is 1. The second-order valence-electron chi connectivity index (χ2n) is 5.65. The first-order chi connectivity index (χ1) is 11.2. The van der Waals surface area contributed by atoms with Gasteiger partial charge in [-0.15, -0.1) is 11.6 Å². The lowest BCUT2D eigenvalue weighted by Crippen LogP contribution is -2.46. The highest BCUT2D eigenvalue weighted by Crippen LogP contribution is 2.20. The third-order valence-corrected chi connectivity index (χ3v) is 4.38. The predicted molar refractivity (Wildman–Crippen MR) is 92.2 cm³/mol. The van der Waals surface area contributed by atoms with Gasteiger partial charge in [-0.25, -0.2) is 4.98 Å². The van der Waals surface area contributed by atoms with E-state index in [0.29, 0.717) is 42.4 Å². The lowest BCUT2D eigenvalue weighted by Gasteiger charge is -2.27. The molecule has 1 aliphatic rings. The van der Waals surface area contributed by atoms with Crippen LogP contribution < -0.4 is 15.4 Å². The van der Waals surface area contributed by atoms with Crippen LogP contribution in [0.2, 0.25) is 5.15 Å². The van der Waals surface area contributed by atoms with Crippen LogP contribution in [0.15, 0.2) is 12.3 Å². The summed E-state index contributed by atoms with van der Waals surface area (Å²) in [4.78, 5) is 15.9. The summed E-state index contributed by atoms with van der Waals surface area (Å²) in [6, 6.07) is 2.25. The van der Waals surface area contributed by atoms with E-state index in [9.17, 15) is 4.79 Å². The van der Waals surface area contributed by atoms with Gasteiger partial charge in [-0.05, 0) is 31.9 Å². The third kappa shape index (κ3) is 6.53. The van der Waals surface area contributed by atoms with E-state index < -0.39 is 0 Å². The zero-order valence-corrected chi connectivity index (χ0v) is 14.6. The predicted octanol–water partition coefficient (Wildman–Crippen LogP) is 2.89. The number of carbonyl (C=O) groups is 1. The molecule has 1 amide bonds. The van der Waals surface area contributed by atoms with E-state index in [4.69, 9.17) is 27.9 Å². The van der Waals surface area contributed by atoms with E-state index in [2.05, 4.69) is 15.6 Å². The number of nitrogens with one attached hydrogen (secondary N) is 2. The topological polar surface area (TPSA) is 63.2 Å². The second-order valence-corrected chi connectivity index (χ2v) is 6.38. The zero-order chi connectivity index (χ0) is 16.5. The van der Waals surface area contributed by atoms with Crippen molar-refractivity contribution < 1.29 is 9.53 Å². The molecule has 128 valence electrons. The van der Waals surface area contributed by atoms with Crippen molar-refractivity contribution in [2.75, 3.05) is 19.0 Å². The lowest BCUT2D eigenvalue weighted by molar-refractivity contribution is -0.121. The maximum atomic E-state index is 11.8. The minimum absolute atomic E-state index is 0.0145. The Bertz CT molecular complexity index is 510. The van der Waals surface area contributed by atoms with Crippen LogP contribution in [0.25, 0.3) is 0 Å². The molecule has 1 atom stereocenters. The van der Waals surface area contributed by atoms with Gasteiger partial charge in [0.1, 0.15) is 17.5 Å². The van der Waals surface area contributed by atoms with Crippen molar-refractivity contribution in [1.82, 2.24) is 15.6 Å². The molecule has 1 unspecified atom stereocenters. The average molecular weight is 360 g/mol. The Morgan fingerprint density at radius 2 is 2.26 bits per heavy atom. The summed E-state index contributed by atoms with van der Waals surface area (Å²) in [7, 11) is 0. The van der Waals surface area contributed by atoms with Crippen LogP contribution in [0.3, 0.4) is 0 Å². The fourth-order valence-corrected chi connectivity index (χ4v) is 2.56. The standard InChI is InChI=1S/C16H23Cl2N3O2/c17-6-3-1-2-4-15(22)20-9-12-8-14(10-21-16(12)18)23-11-13-5-7-19-13/h8,10,13,19H,1-7,9,11H2,(H,20,22). The zero-order valence-electron chi connectivity index (χ0n) is 13.1. The van der Waals surface area contributed by atoms with Crippen LogP contribution in [-0.4, -0.2) is 36.0 Å². The lowest BCUT2D eigenvalue weighted by atomic mass is 10.1. The molecule has 0 radical (unpaired) electrons. The van der Waals surface area contributed by atoms with Gasteiger partial charge < -0.3 is 15.4 Å². The van der Waals surface area contributed by atoms with Crippen molar-refractivity contribution in [3.8, 4) is 5.75 Å². The van der Waals surface area contributed by atoms with Crippen molar-refractivity contribution in [3.05, 3.63) is 23.0 Å². The van der Waals surface area contributed by atoms with Crippen molar-refractivity contribution in [1.29, 1.82) is 0 Å². The Hall–Kier alpha value is -1.04. The van der Waals surface area contributed by atoms with Crippen LogP contribution >= 0.6 is 23.2 Å². The monoisotopic (exact) mass is 359 g/mol. The molecule has 0 aliphatic carbocycles. The number of rotatable bonds is 10. The number of ether oxygens (including phenoxy) is 1. The summed E-state index contributed by atoms with van der Waals surface area (Å²) < 4.78 is 5.70.